The molecule has 1 aliphatic rings. The lowest BCUT2D eigenvalue weighted by Crippen LogP contribution is -2.47. The van der Waals surface area contributed by atoms with E-state index in [-0.39, 0.29) is 24.8 Å². The first kappa shape index (κ1) is 20.8. The SMILES string of the molecule is COc1cccc(CCC(=O)Nc2ccc(N3CCNC(=O)C3)c(Cl)c2)c1OC. The molecule has 1 fully saturated rings. The molecule has 8 heteroatoms. The van der Waals surface area contributed by atoms with Crippen LogP contribution in [0.1, 0.15) is 12.0 Å². The predicted octanol–water partition coefficient (Wildman–Crippen LogP) is 2.86. The van der Waals surface area contributed by atoms with Gasteiger partial charge in [-0.05, 0) is 36.2 Å². The summed E-state index contributed by atoms with van der Waals surface area (Å²) in [5, 5.41) is 6.14. The Bertz CT molecular complexity index is 903. The van der Waals surface area contributed by atoms with Gasteiger partial charge >= 0.3 is 0 Å². The summed E-state index contributed by atoms with van der Waals surface area (Å²) in [6.07, 6.45) is 0.802. The van der Waals surface area contributed by atoms with Crippen LogP contribution in [-0.4, -0.2) is 45.7 Å². The van der Waals surface area contributed by atoms with E-state index in [2.05, 4.69) is 10.6 Å². The maximum absolute atomic E-state index is 12.4. The van der Waals surface area contributed by atoms with Gasteiger partial charge in [0.25, 0.3) is 0 Å². The van der Waals surface area contributed by atoms with E-state index in [1.165, 1.54) is 0 Å². The minimum atomic E-state index is -0.129. The Morgan fingerprint density at radius 3 is 2.76 bits per heavy atom. The molecule has 0 bridgehead atoms. The number of nitrogens with one attached hydrogen (secondary N) is 2. The Kier molecular flexibility index (Phi) is 6.82. The van der Waals surface area contributed by atoms with E-state index >= 15 is 0 Å². The first-order valence-corrected chi connectivity index (χ1v) is 9.70. The van der Waals surface area contributed by atoms with E-state index in [1.807, 2.05) is 29.2 Å². The third-order valence-corrected chi connectivity index (χ3v) is 5.02. The van der Waals surface area contributed by atoms with Crippen LogP contribution >= 0.6 is 11.6 Å². The fraction of sp³-hybridized carbons (Fsp3) is 0.333. The van der Waals surface area contributed by atoms with E-state index in [4.69, 9.17) is 21.1 Å². The van der Waals surface area contributed by atoms with Gasteiger partial charge in [0.2, 0.25) is 11.8 Å². The third-order valence-electron chi connectivity index (χ3n) is 4.72. The van der Waals surface area contributed by atoms with Crippen molar-refractivity contribution in [3.8, 4) is 11.5 Å². The van der Waals surface area contributed by atoms with Crippen LogP contribution in [0.25, 0.3) is 0 Å². The van der Waals surface area contributed by atoms with Crippen molar-refractivity contribution < 1.29 is 19.1 Å². The number of aryl methyl sites for hydroxylation is 1. The Morgan fingerprint density at radius 2 is 2.07 bits per heavy atom. The summed E-state index contributed by atoms with van der Waals surface area (Å²) in [5.74, 6) is 1.12. The molecule has 0 saturated carbocycles. The summed E-state index contributed by atoms with van der Waals surface area (Å²) in [5.41, 5.74) is 2.29. The molecule has 0 radical (unpaired) electrons. The number of hydrogen-bond acceptors (Lipinski definition) is 5. The fourth-order valence-electron chi connectivity index (χ4n) is 3.31. The Hall–Kier alpha value is -2.93. The quantitative estimate of drug-likeness (QED) is 0.724. The van der Waals surface area contributed by atoms with Crippen molar-refractivity contribution in [2.24, 2.45) is 0 Å². The minimum absolute atomic E-state index is 0.0299. The maximum atomic E-state index is 12.4. The van der Waals surface area contributed by atoms with Crippen molar-refractivity contribution >= 4 is 34.8 Å². The number of hydrogen-bond donors (Lipinski definition) is 2. The number of nitrogens with zero attached hydrogens (tertiary/aromatic N) is 1. The molecule has 2 N–H and O–H groups in total. The number of benzene rings is 2. The molecular formula is C21H24ClN3O4. The molecule has 0 spiro atoms. The van der Waals surface area contributed by atoms with E-state index in [0.29, 0.717) is 41.7 Å². The van der Waals surface area contributed by atoms with Gasteiger partial charge < -0.3 is 25.0 Å². The summed E-state index contributed by atoms with van der Waals surface area (Å²) in [6, 6.07) is 10.9. The molecule has 29 heavy (non-hydrogen) atoms. The summed E-state index contributed by atoms with van der Waals surface area (Å²) < 4.78 is 10.7. The number of rotatable bonds is 7. The molecule has 1 aliphatic heterocycles. The number of piperazine rings is 1. The number of carbonyl (C=O) groups excluding carboxylic acids is 2. The summed E-state index contributed by atoms with van der Waals surface area (Å²) in [6.45, 7) is 1.55. The van der Waals surface area contributed by atoms with Crippen LogP contribution in [0.4, 0.5) is 11.4 Å². The van der Waals surface area contributed by atoms with Gasteiger partial charge in [0, 0.05) is 25.2 Å². The van der Waals surface area contributed by atoms with Gasteiger partial charge in [0.15, 0.2) is 11.5 Å². The molecule has 2 aromatic rings. The minimum Gasteiger partial charge on any atom is -0.493 e. The zero-order valence-corrected chi connectivity index (χ0v) is 17.2. The molecule has 1 saturated heterocycles. The Balaban J connectivity index is 1.61. The van der Waals surface area contributed by atoms with Crippen molar-refractivity contribution in [2.75, 3.05) is 44.1 Å². The van der Waals surface area contributed by atoms with E-state index in [0.717, 1.165) is 11.3 Å². The molecule has 2 amide bonds. The number of ether oxygens (including phenoxy) is 2. The number of amides is 2. The normalized spacial score (nSPS) is 13.6. The van der Waals surface area contributed by atoms with Crippen molar-refractivity contribution in [3.05, 3.63) is 47.0 Å². The molecule has 0 aliphatic carbocycles. The molecule has 0 unspecified atom stereocenters. The number of anilines is 2. The Labute approximate surface area is 174 Å². The van der Waals surface area contributed by atoms with Gasteiger partial charge in [-0.15, -0.1) is 0 Å². The van der Waals surface area contributed by atoms with Gasteiger partial charge in [-0.2, -0.15) is 0 Å². The molecule has 154 valence electrons. The number of carbonyl (C=O) groups is 2. The van der Waals surface area contributed by atoms with E-state index in [1.54, 1.807) is 26.4 Å². The van der Waals surface area contributed by atoms with Crippen molar-refractivity contribution in [2.45, 2.75) is 12.8 Å². The Morgan fingerprint density at radius 1 is 1.24 bits per heavy atom. The van der Waals surface area contributed by atoms with Crippen LogP contribution in [0, 0.1) is 0 Å². The van der Waals surface area contributed by atoms with Crippen LogP contribution in [0.2, 0.25) is 5.02 Å². The second-order valence-electron chi connectivity index (χ2n) is 6.64. The highest BCUT2D eigenvalue weighted by Gasteiger charge is 2.19. The topological polar surface area (TPSA) is 79.9 Å². The van der Waals surface area contributed by atoms with Gasteiger partial charge in [-0.3, -0.25) is 9.59 Å². The van der Waals surface area contributed by atoms with Crippen molar-refractivity contribution in [1.29, 1.82) is 0 Å². The summed E-state index contributed by atoms with van der Waals surface area (Å²) >= 11 is 6.38. The average Bonchev–Trinajstić information content (AvgIpc) is 2.71. The molecule has 7 nitrogen and oxygen atoms in total. The lowest BCUT2D eigenvalue weighted by atomic mass is 10.1. The lowest BCUT2D eigenvalue weighted by molar-refractivity contribution is -0.120. The highest BCUT2D eigenvalue weighted by atomic mass is 35.5. The maximum Gasteiger partial charge on any atom is 0.239 e. The standard InChI is InChI=1S/C21H24ClN3O4/c1-28-18-5-3-4-14(21(18)29-2)6-9-19(26)24-15-7-8-17(16(22)12-15)25-11-10-23-20(27)13-25/h3-5,7-8,12H,6,9-11,13H2,1-2H3,(H,23,27)(H,24,26). The van der Waals surface area contributed by atoms with E-state index in [9.17, 15) is 9.59 Å². The average molecular weight is 418 g/mol. The number of halogens is 1. The van der Waals surface area contributed by atoms with Crippen LogP contribution in [0.15, 0.2) is 36.4 Å². The van der Waals surface area contributed by atoms with Crippen LogP contribution in [0.5, 0.6) is 11.5 Å². The van der Waals surface area contributed by atoms with Crippen molar-refractivity contribution in [1.82, 2.24) is 5.32 Å². The third kappa shape index (κ3) is 5.12. The second kappa shape index (κ2) is 9.52. The molecule has 1 heterocycles. The van der Waals surface area contributed by atoms with Gasteiger partial charge in [0.1, 0.15) is 0 Å². The first-order chi connectivity index (χ1) is 14.0. The lowest BCUT2D eigenvalue weighted by Gasteiger charge is -2.29. The fourth-order valence-corrected chi connectivity index (χ4v) is 3.61. The van der Waals surface area contributed by atoms with Gasteiger partial charge in [0.05, 0.1) is 31.5 Å². The number of para-hydroxylation sites is 1. The van der Waals surface area contributed by atoms with Crippen LogP contribution in [0.3, 0.4) is 0 Å². The van der Waals surface area contributed by atoms with Gasteiger partial charge in [-0.1, -0.05) is 23.7 Å². The molecule has 0 atom stereocenters. The smallest absolute Gasteiger partial charge is 0.239 e. The monoisotopic (exact) mass is 417 g/mol. The molecule has 2 aromatic carbocycles. The highest BCUT2D eigenvalue weighted by Crippen LogP contribution is 2.32. The number of methoxy groups -OCH3 is 2. The van der Waals surface area contributed by atoms with Crippen molar-refractivity contribution in [3.63, 3.8) is 0 Å². The molecule has 0 aromatic heterocycles. The van der Waals surface area contributed by atoms with Crippen LogP contribution in [-0.2, 0) is 16.0 Å². The zero-order valence-electron chi connectivity index (χ0n) is 16.5. The highest BCUT2D eigenvalue weighted by molar-refractivity contribution is 6.33. The second-order valence-corrected chi connectivity index (χ2v) is 7.05. The molecule has 3 rings (SSSR count). The summed E-state index contributed by atoms with van der Waals surface area (Å²) in [4.78, 5) is 25.9. The van der Waals surface area contributed by atoms with E-state index < -0.39 is 0 Å². The van der Waals surface area contributed by atoms with Gasteiger partial charge in [-0.25, -0.2) is 0 Å². The van der Waals surface area contributed by atoms with Crippen LogP contribution < -0.4 is 25.0 Å². The predicted molar refractivity (Wildman–Crippen MR) is 113 cm³/mol. The largest absolute Gasteiger partial charge is 0.493 e. The summed E-state index contributed by atoms with van der Waals surface area (Å²) in [7, 11) is 3.16. The zero-order chi connectivity index (χ0) is 20.8. The molecular weight excluding hydrogens is 394 g/mol. The first-order valence-electron chi connectivity index (χ1n) is 9.32.